The fourth-order valence-corrected chi connectivity index (χ4v) is 1.42. The number of carbonyl (C=O) groups is 1. The third-order valence-electron chi connectivity index (χ3n) is 2.16. The molecule has 1 heterocycles. The Kier molecular flexibility index (Phi) is 3.35. The van der Waals surface area contributed by atoms with Gasteiger partial charge in [0.1, 0.15) is 0 Å². The topological polar surface area (TPSA) is 57.8 Å². The van der Waals surface area contributed by atoms with E-state index < -0.39 is 0 Å². The summed E-state index contributed by atoms with van der Waals surface area (Å²) in [5, 5.41) is 9.40. The highest BCUT2D eigenvalue weighted by Crippen LogP contribution is 2.09. The molecule has 0 fully saturated rings. The number of aromatic amines is 1. The van der Waals surface area contributed by atoms with E-state index in [-0.39, 0.29) is 5.91 Å². The molecule has 4 heteroatoms. The molecule has 2 aromatic rings. The first-order valence-electron chi connectivity index (χ1n) is 5.30. The minimum atomic E-state index is -0.130. The standard InChI is InChI=1S/C13H13N3O/c1-10(17)14-13-9-12(15-16-13)8-7-11-5-3-2-4-6-11/h2-9H,1H3,(H2,14,15,16,17)/b8-7+. The van der Waals surface area contributed by atoms with Crippen LogP contribution < -0.4 is 5.32 Å². The first-order valence-corrected chi connectivity index (χ1v) is 5.30. The number of hydrogen-bond donors (Lipinski definition) is 2. The predicted molar refractivity (Wildman–Crippen MR) is 68.3 cm³/mol. The molecule has 0 spiro atoms. The molecule has 0 aliphatic carbocycles. The number of aromatic nitrogens is 2. The number of benzene rings is 1. The monoisotopic (exact) mass is 227 g/mol. The summed E-state index contributed by atoms with van der Waals surface area (Å²) in [4.78, 5) is 10.8. The zero-order valence-corrected chi connectivity index (χ0v) is 9.47. The molecule has 0 atom stereocenters. The number of nitrogens with zero attached hydrogens (tertiary/aromatic N) is 1. The maximum absolute atomic E-state index is 10.8. The van der Waals surface area contributed by atoms with Crippen molar-refractivity contribution >= 4 is 23.9 Å². The fraction of sp³-hybridized carbons (Fsp3) is 0.0769. The molecule has 0 saturated carbocycles. The van der Waals surface area contributed by atoms with E-state index >= 15 is 0 Å². The summed E-state index contributed by atoms with van der Waals surface area (Å²) in [5.74, 6) is 0.403. The Hall–Kier alpha value is -2.36. The number of anilines is 1. The van der Waals surface area contributed by atoms with Crippen molar-refractivity contribution in [3.8, 4) is 0 Å². The molecule has 0 saturated heterocycles. The van der Waals surface area contributed by atoms with E-state index in [0.717, 1.165) is 11.3 Å². The van der Waals surface area contributed by atoms with E-state index in [1.54, 1.807) is 6.07 Å². The molecule has 1 aromatic heterocycles. The van der Waals surface area contributed by atoms with Crippen molar-refractivity contribution in [3.63, 3.8) is 0 Å². The summed E-state index contributed by atoms with van der Waals surface area (Å²) in [6.45, 7) is 1.45. The predicted octanol–water partition coefficient (Wildman–Crippen LogP) is 2.54. The van der Waals surface area contributed by atoms with E-state index in [1.165, 1.54) is 6.92 Å². The van der Waals surface area contributed by atoms with Crippen molar-refractivity contribution in [2.45, 2.75) is 6.92 Å². The van der Waals surface area contributed by atoms with Gasteiger partial charge in [-0.15, -0.1) is 0 Å². The summed E-state index contributed by atoms with van der Waals surface area (Å²) in [6, 6.07) is 11.7. The van der Waals surface area contributed by atoms with E-state index in [0.29, 0.717) is 5.82 Å². The minimum absolute atomic E-state index is 0.130. The van der Waals surface area contributed by atoms with Crippen molar-refractivity contribution in [2.24, 2.45) is 0 Å². The minimum Gasteiger partial charge on any atom is -0.309 e. The molecule has 0 radical (unpaired) electrons. The molecule has 1 aromatic carbocycles. The second kappa shape index (κ2) is 5.12. The molecular formula is C13H13N3O. The molecule has 1 amide bonds. The van der Waals surface area contributed by atoms with Crippen LogP contribution in [0.15, 0.2) is 36.4 Å². The van der Waals surface area contributed by atoms with E-state index in [1.807, 2.05) is 42.5 Å². The van der Waals surface area contributed by atoms with Crippen LogP contribution in [0.25, 0.3) is 12.2 Å². The van der Waals surface area contributed by atoms with E-state index in [9.17, 15) is 4.79 Å². The molecular weight excluding hydrogens is 214 g/mol. The molecule has 2 N–H and O–H groups in total. The van der Waals surface area contributed by atoms with Crippen LogP contribution in [0, 0.1) is 0 Å². The van der Waals surface area contributed by atoms with Crippen LogP contribution in [0.4, 0.5) is 5.82 Å². The van der Waals surface area contributed by atoms with Gasteiger partial charge in [0, 0.05) is 13.0 Å². The largest absolute Gasteiger partial charge is 0.309 e. The Balaban J connectivity index is 2.06. The van der Waals surface area contributed by atoms with Gasteiger partial charge in [-0.25, -0.2) is 0 Å². The highest BCUT2D eigenvalue weighted by molar-refractivity contribution is 5.87. The van der Waals surface area contributed by atoms with Crippen molar-refractivity contribution < 1.29 is 4.79 Å². The normalized spacial score (nSPS) is 10.6. The third-order valence-corrected chi connectivity index (χ3v) is 2.16. The van der Waals surface area contributed by atoms with Crippen LogP contribution >= 0.6 is 0 Å². The lowest BCUT2D eigenvalue weighted by Gasteiger charge is -1.91. The van der Waals surface area contributed by atoms with Crippen molar-refractivity contribution in [1.29, 1.82) is 0 Å². The zero-order chi connectivity index (χ0) is 12.1. The summed E-state index contributed by atoms with van der Waals surface area (Å²) >= 11 is 0. The third kappa shape index (κ3) is 3.31. The molecule has 0 bridgehead atoms. The van der Waals surface area contributed by atoms with Crippen molar-refractivity contribution in [1.82, 2.24) is 10.2 Å². The van der Waals surface area contributed by atoms with Gasteiger partial charge < -0.3 is 5.32 Å². The van der Waals surface area contributed by atoms with Crippen molar-refractivity contribution in [3.05, 3.63) is 47.7 Å². The first kappa shape index (κ1) is 11.1. The molecule has 2 rings (SSSR count). The Labute approximate surface area is 99.4 Å². The number of H-pyrrole nitrogens is 1. The first-order chi connectivity index (χ1) is 8.24. The van der Waals surface area contributed by atoms with Gasteiger partial charge in [0.2, 0.25) is 5.91 Å². The number of rotatable bonds is 3. The zero-order valence-electron chi connectivity index (χ0n) is 9.47. The van der Waals surface area contributed by atoms with Gasteiger partial charge in [-0.1, -0.05) is 36.4 Å². The van der Waals surface area contributed by atoms with E-state index in [4.69, 9.17) is 0 Å². The maximum atomic E-state index is 10.8. The number of hydrogen-bond acceptors (Lipinski definition) is 2. The highest BCUT2D eigenvalue weighted by Gasteiger charge is 1.99. The van der Waals surface area contributed by atoms with E-state index in [2.05, 4.69) is 15.5 Å². The second-order valence-corrected chi connectivity index (χ2v) is 3.63. The summed E-state index contributed by atoms with van der Waals surface area (Å²) in [7, 11) is 0. The Morgan fingerprint density at radius 1 is 1.29 bits per heavy atom. The smallest absolute Gasteiger partial charge is 0.222 e. The summed E-state index contributed by atoms with van der Waals surface area (Å²) < 4.78 is 0. The highest BCUT2D eigenvalue weighted by atomic mass is 16.1. The lowest BCUT2D eigenvalue weighted by molar-refractivity contribution is -0.114. The molecule has 86 valence electrons. The number of amides is 1. The van der Waals surface area contributed by atoms with Gasteiger partial charge >= 0.3 is 0 Å². The van der Waals surface area contributed by atoms with Crippen LogP contribution in [-0.2, 0) is 4.79 Å². The summed E-state index contributed by atoms with van der Waals surface area (Å²) in [5.41, 5.74) is 1.96. The van der Waals surface area contributed by atoms with Gasteiger partial charge in [-0.3, -0.25) is 9.89 Å². The quantitative estimate of drug-likeness (QED) is 0.846. The average molecular weight is 227 g/mol. The second-order valence-electron chi connectivity index (χ2n) is 3.63. The van der Waals surface area contributed by atoms with Gasteiger partial charge in [-0.05, 0) is 11.6 Å². The van der Waals surface area contributed by atoms with Crippen LogP contribution in [0.3, 0.4) is 0 Å². The number of carbonyl (C=O) groups excluding carboxylic acids is 1. The van der Waals surface area contributed by atoms with Crippen LogP contribution in [0.1, 0.15) is 18.2 Å². The Morgan fingerprint density at radius 3 is 2.76 bits per heavy atom. The van der Waals surface area contributed by atoms with Crippen molar-refractivity contribution in [2.75, 3.05) is 5.32 Å². The van der Waals surface area contributed by atoms with Crippen LogP contribution in [-0.4, -0.2) is 16.1 Å². The molecule has 4 nitrogen and oxygen atoms in total. The summed E-state index contributed by atoms with van der Waals surface area (Å²) in [6.07, 6.45) is 3.89. The lowest BCUT2D eigenvalue weighted by Crippen LogP contribution is -2.05. The molecule has 17 heavy (non-hydrogen) atoms. The number of nitrogens with one attached hydrogen (secondary N) is 2. The van der Waals surface area contributed by atoms with Gasteiger partial charge in [0.25, 0.3) is 0 Å². The van der Waals surface area contributed by atoms with Gasteiger partial charge in [0.15, 0.2) is 5.82 Å². The Morgan fingerprint density at radius 2 is 2.06 bits per heavy atom. The van der Waals surface area contributed by atoms with Crippen LogP contribution in [0.2, 0.25) is 0 Å². The fourth-order valence-electron chi connectivity index (χ4n) is 1.42. The van der Waals surface area contributed by atoms with Crippen LogP contribution in [0.5, 0.6) is 0 Å². The maximum Gasteiger partial charge on any atom is 0.222 e. The molecule has 0 aliphatic heterocycles. The average Bonchev–Trinajstić information content (AvgIpc) is 2.75. The van der Waals surface area contributed by atoms with Gasteiger partial charge in [-0.2, -0.15) is 5.10 Å². The Bertz CT molecular complexity index is 529. The SMILES string of the molecule is CC(=O)Nc1cc(/C=C/c2ccccc2)[nH]n1. The molecule has 0 unspecified atom stereocenters. The molecule has 0 aliphatic rings. The van der Waals surface area contributed by atoms with Gasteiger partial charge in [0.05, 0.1) is 5.69 Å². The lowest BCUT2D eigenvalue weighted by atomic mass is 10.2.